The minimum Gasteiger partial charge on any atom is -0.494 e. The Hall–Kier alpha value is -2.56. The normalized spacial score (nSPS) is 11.3. The number of methoxy groups -OCH3 is 1. The smallest absolute Gasteiger partial charge is 0.267 e. The maximum Gasteiger partial charge on any atom is 0.267 e. The zero-order valence-electron chi connectivity index (χ0n) is 12.8. The molecule has 0 unspecified atom stereocenters. The topological polar surface area (TPSA) is 67.4 Å². The van der Waals surface area contributed by atoms with E-state index in [1.165, 1.54) is 7.11 Å². The van der Waals surface area contributed by atoms with E-state index in [1.54, 1.807) is 4.72 Å². The molecular formula is C14H11F5N2O3S. The number of sulfonamides is 1. The van der Waals surface area contributed by atoms with Crippen LogP contribution in [0.2, 0.25) is 0 Å². The van der Waals surface area contributed by atoms with E-state index in [0.29, 0.717) is 6.07 Å². The number of halogens is 5. The molecule has 0 spiro atoms. The molecule has 0 bridgehead atoms. The first-order valence-electron chi connectivity index (χ1n) is 6.54. The van der Waals surface area contributed by atoms with Crippen molar-refractivity contribution < 1.29 is 35.1 Å². The van der Waals surface area contributed by atoms with Crippen molar-refractivity contribution >= 4 is 21.4 Å². The van der Waals surface area contributed by atoms with E-state index in [1.807, 2.05) is 5.32 Å². The van der Waals surface area contributed by atoms with Crippen LogP contribution in [0.5, 0.6) is 5.75 Å². The number of anilines is 2. The lowest BCUT2D eigenvalue weighted by molar-refractivity contribution is 0.386. The molecule has 0 aromatic heterocycles. The van der Waals surface area contributed by atoms with Gasteiger partial charge in [0.05, 0.1) is 18.5 Å². The van der Waals surface area contributed by atoms with Crippen LogP contribution in [0.25, 0.3) is 0 Å². The van der Waals surface area contributed by atoms with Crippen molar-refractivity contribution in [2.75, 3.05) is 24.2 Å². The number of rotatable bonds is 5. The van der Waals surface area contributed by atoms with Crippen molar-refractivity contribution in [1.82, 2.24) is 0 Å². The Kier molecular flexibility index (Phi) is 5.07. The number of benzene rings is 2. The van der Waals surface area contributed by atoms with Crippen LogP contribution in [-0.2, 0) is 10.0 Å². The highest BCUT2D eigenvalue weighted by atomic mass is 32.2. The summed E-state index contributed by atoms with van der Waals surface area (Å²) >= 11 is 0. The average Bonchev–Trinajstić information content (AvgIpc) is 2.55. The van der Waals surface area contributed by atoms with Crippen molar-refractivity contribution in [3.8, 4) is 5.75 Å². The molecule has 136 valence electrons. The Morgan fingerprint density at radius 2 is 1.56 bits per heavy atom. The molecule has 2 rings (SSSR count). The molecule has 2 aromatic carbocycles. The van der Waals surface area contributed by atoms with Gasteiger partial charge in [-0.25, -0.2) is 30.4 Å². The van der Waals surface area contributed by atoms with Gasteiger partial charge >= 0.3 is 0 Å². The quantitative estimate of drug-likeness (QED) is 0.473. The molecule has 0 heterocycles. The van der Waals surface area contributed by atoms with Gasteiger partial charge in [0.2, 0.25) is 0 Å². The van der Waals surface area contributed by atoms with Gasteiger partial charge in [-0.15, -0.1) is 0 Å². The first-order chi connectivity index (χ1) is 11.6. The van der Waals surface area contributed by atoms with E-state index in [2.05, 4.69) is 4.74 Å². The molecule has 11 heteroatoms. The molecule has 2 aromatic rings. The van der Waals surface area contributed by atoms with Gasteiger partial charge in [0.25, 0.3) is 10.0 Å². The first-order valence-corrected chi connectivity index (χ1v) is 8.02. The Balaban J connectivity index is 2.59. The summed E-state index contributed by atoms with van der Waals surface area (Å²) in [6.07, 6.45) is 0. The maximum absolute atomic E-state index is 14.0. The summed E-state index contributed by atoms with van der Waals surface area (Å²) in [7, 11) is -2.76. The predicted octanol–water partition coefficient (Wildman–Crippen LogP) is 3.23. The van der Waals surface area contributed by atoms with Gasteiger partial charge in [-0.05, 0) is 12.1 Å². The SMILES string of the molecule is CNc1c(F)c(F)c(F)c(F)c1S(=O)(=O)Nc1ccc(OC)c(F)c1. The third-order valence-corrected chi connectivity index (χ3v) is 4.57. The largest absolute Gasteiger partial charge is 0.494 e. The van der Waals surface area contributed by atoms with Crippen molar-refractivity contribution in [1.29, 1.82) is 0 Å². The predicted molar refractivity (Wildman–Crippen MR) is 79.6 cm³/mol. The second-order valence-electron chi connectivity index (χ2n) is 4.66. The molecule has 0 saturated heterocycles. The van der Waals surface area contributed by atoms with Crippen LogP contribution in [0, 0.1) is 29.1 Å². The van der Waals surface area contributed by atoms with Gasteiger partial charge in [0.1, 0.15) is 0 Å². The van der Waals surface area contributed by atoms with E-state index in [9.17, 15) is 30.4 Å². The molecule has 25 heavy (non-hydrogen) atoms. The fraction of sp³-hybridized carbons (Fsp3) is 0.143. The fourth-order valence-corrected chi connectivity index (χ4v) is 3.35. The standard InChI is InChI=1S/C14H11F5N2O3S/c1-20-13-11(18)9(16)10(17)12(19)14(13)25(22,23)21-6-3-4-8(24-2)7(15)5-6/h3-5,20-21H,1-2H3. The highest BCUT2D eigenvalue weighted by Crippen LogP contribution is 2.33. The summed E-state index contributed by atoms with van der Waals surface area (Å²) in [5, 5.41) is 1.96. The van der Waals surface area contributed by atoms with Crippen LogP contribution in [0.1, 0.15) is 0 Å². The summed E-state index contributed by atoms with van der Waals surface area (Å²) in [5.74, 6) is -9.63. The van der Waals surface area contributed by atoms with Crippen LogP contribution < -0.4 is 14.8 Å². The number of hydrogen-bond acceptors (Lipinski definition) is 4. The highest BCUT2D eigenvalue weighted by Gasteiger charge is 2.32. The Morgan fingerprint density at radius 3 is 2.08 bits per heavy atom. The lowest BCUT2D eigenvalue weighted by atomic mass is 10.2. The molecule has 5 nitrogen and oxygen atoms in total. The van der Waals surface area contributed by atoms with Gasteiger partial charge in [0.15, 0.2) is 39.7 Å². The van der Waals surface area contributed by atoms with Crippen LogP contribution in [-0.4, -0.2) is 22.6 Å². The van der Waals surface area contributed by atoms with Crippen molar-refractivity contribution in [3.63, 3.8) is 0 Å². The van der Waals surface area contributed by atoms with Gasteiger partial charge in [0, 0.05) is 13.1 Å². The van der Waals surface area contributed by atoms with Gasteiger partial charge in [-0.3, -0.25) is 4.72 Å². The molecule has 0 radical (unpaired) electrons. The minimum atomic E-state index is -4.93. The Morgan fingerprint density at radius 1 is 0.960 bits per heavy atom. The van der Waals surface area contributed by atoms with Gasteiger partial charge in [-0.1, -0.05) is 0 Å². The third kappa shape index (κ3) is 3.31. The van der Waals surface area contributed by atoms with Crippen LogP contribution in [0.4, 0.5) is 33.3 Å². The van der Waals surface area contributed by atoms with Gasteiger partial charge < -0.3 is 10.1 Å². The van der Waals surface area contributed by atoms with E-state index in [4.69, 9.17) is 0 Å². The molecule has 0 atom stereocenters. The molecular weight excluding hydrogens is 371 g/mol. The molecule has 0 aliphatic rings. The molecule has 0 saturated carbocycles. The zero-order chi connectivity index (χ0) is 18.9. The molecule has 0 aliphatic carbocycles. The first kappa shape index (κ1) is 18.8. The lowest BCUT2D eigenvalue weighted by Gasteiger charge is -2.15. The van der Waals surface area contributed by atoms with E-state index in [-0.39, 0.29) is 11.4 Å². The van der Waals surface area contributed by atoms with Crippen LogP contribution >= 0.6 is 0 Å². The minimum absolute atomic E-state index is 0.191. The van der Waals surface area contributed by atoms with Gasteiger partial charge in [-0.2, -0.15) is 0 Å². The lowest BCUT2D eigenvalue weighted by Crippen LogP contribution is -2.19. The Labute approximate surface area is 139 Å². The van der Waals surface area contributed by atoms with E-state index < -0.39 is 49.7 Å². The Bertz CT molecular complexity index is 935. The maximum atomic E-state index is 14.0. The van der Waals surface area contributed by atoms with Crippen molar-refractivity contribution in [3.05, 3.63) is 47.3 Å². The molecule has 0 amide bonds. The summed E-state index contributed by atoms with van der Waals surface area (Å²) in [6, 6.07) is 2.87. The number of hydrogen-bond donors (Lipinski definition) is 2. The molecule has 0 fully saturated rings. The second-order valence-corrected chi connectivity index (χ2v) is 6.28. The van der Waals surface area contributed by atoms with E-state index >= 15 is 0 Å². The molecule has 2 N–H and O–H groups in total. The third-order valence-electron chi connectivity index (χ3n) is 3.15. The molecule has 0 aliphatic heterocycles. The number of ether oxygens (including phenoxy) is 1. The summed E-state index contributed by atoms with van der Waals surface area (Å²) in [4.78, 5) is -1.48. The monoisotopic (exact) mass is 382 g/mol. The van der Waals surface area contributed by atoms with Crippen LogP contribution in [0.15, 0.2) is 23.1 Å². The average molecular weight is 382 g/mol. The fourth-order valence-electron chi connectivity index (χ4n) is 2.02. The number of nitrogens with one attached hydrogen (secondary N) is 2. The summed E-state index contributed by atoms with van der Waals surface area (Å²) in [5.41, 5.74) is -1.48. The van der Waals surface area contributed by atoms with Crippen LogP contribution in [0.3, 0.4) is 0 Å². The summed E-state index contributed by atoms with van der Waals surface area (Å²) in [6.45, 7) is 0. The summed E-state index contributed by atoms with van der Waals surface area (Å²) < 4.78 is 98.9. The highest BCUT2D eigenvalue weighted by molar-refractivity contribution is 7.92. The van der Waals surface area contributed by atoms with Crippen molar-refractivity contribution in [2.45, 2.75) is 4.90 Å². The zero-order valence-corrected chi connectivity index (χ0v) is 13.6. The van der Waals surface area contributed by atoms with Crippen molar-refractivity contribution in [2.24, 2.45) is 0 Å². The van der Waals surface area contributed by atoms with E-state index in [0.717, 1.165) is 19.2 Å². The second kappa shape index (κ2) is 6.75.